The van der Waals surface area contributed by atoms with E-state index in [4.69, 9.17) is 9.47 Å². The number of aromatic nitrogens is 1. The molecule has 1 aromatic heterocycles. The SMILES string of the molecule is COc1ccc([C@@H]2[NH2+]CCc3c2[nH]c2ccccc32)c(OC)c1. The van der Waals surface area contributed by atoms with E-state index in [9.17, 15) is 0 Å². The number of methoxy groups -OCH3 is 2. The summed E-state index contributed by atoms with van der Waals surface area (Å²) in [6.07, 6.45) is 1.09. The van der Waals surface area contributed by atoms with E-state index in [1.165, 1.54) is 27.7 Å². The van der Waals surface area contributed by atoms with Crippen LogP contribution >= 0.6 is 0 Å². The molecule has 0 saturated carbocycles. The third kappa shape index (κ3) is 2.26. The minimum Gasteiger partial charge on any atom is -0.497 e. The zero-order chi connectivity index (χ0) is 15.8. The molecule has 4 heteroatoms. The molecule has 0 bridgehead atoms. The van der Waals surface area contributed by atoms with Crippen molar-refractivity contribution in [1.82, 2.24) is 4.98 Å². The minimum atomic E-state index is 0.229. The van der Waals surface area contributed by atoms with Gasteiger partial charge in [-0.3, -0.25) is 0 Å². The number of para-hydroxylation sites is 1. The van der Waals surface area contributed by atoms with Crippen LogP contribution in [0.4, 0.5) is 0 Å². The number of ether oxygens (including phenoxy) is 2. The van der Waals surface area contributed by atoms with Gasteiger partial charge in [-0.15, -0.1) is 0 Å². The summed E-state index contributed by atoms with van der Waals surface area (Å²) < 4.78 is 10.9. The number of benzene rings is 2. The summed E-state index contributed by atoms with van der Waals surface area (Å²) in [5.74, 6) is 1.69. The largest absolute Gasteiger partial charge is 0.497 e. The van der Waals surface area contributed by atoms with Crippen LogP contribution in [0.5, 0.6) is 11.5 Å². The normalized spacial score (nSPS) is 17.0. The Morgan fingerprint density at radius 2 is 1.96 bits per heavy atom. The van der Waals surface area contributed by atoms with Gasteiger partial charge in [0.15, 0.2) is 6.04 Å². The Morgan fingerprint density at radius 1 is 1.09 bits per heavy atom. The third-order valence-corrected chi connectivity index (χ3v) is 4.73. The van der Waals surface area contributed by atoms with E-state index in [-0.39, 0.29) is 6.04 Å². The molecule has 0 amide bonds. The Labute approximate surface area is 135 Å². The van der Waals surface area contributed by atoms with Crippen molar-refractivity contribution in [2.75, 3.05) is 20.8 Å². The summed E-state index contributed by atoms with van der Waals surface area (Å²) in [4.78, 5) is 3.63. The van der Waals surface area contributed by atoms with E-state index in [1.807, 2.05) is 12.1 Å². The lowest BCUT2D eigenvalue weighted by molar-refractivity contribution is -0.690. The van der Waals surface area contributed by atoms with Crippen molar-refractivity contribution in [1.29, 1.82) is 0 Å². The van der Waals surface area contributed by atoms with Crippen molar-refractivity contribution in [3.05, 3.63) is 59.3 Å². The van der Waals surface area contributed by atoms with E-state index < -0.39 is 0 Å². The van der Waals surface area contributed by atoms with E-state index in [0.29, 0.717) is 0 Å². The molecule has 3 aromatic rings. The van der Waals surface area contributed by atoms with Crippen LogP contribution in [0, 0.1) is 0 Å². The zero-order valence-electron chi connectivity index (χ0n) is 13.4. The highest BCUT2D eigenvalue weighted by Crippen LogP contribution is 2.35. The topological polar surface area (TPSA) is 50.9 Å². The standard InChI is InChI=1S/C19H20N2O2/c1-22-12-7-8-15(17(11-12)23-2)18-19-14(9-10-20-18)13-5-3-4-6-16(13)21-19/h3-8,11,18,20-21H,9-10H2,1-2H3/p+1/t18-/m0/s1. The highest BCUT2D eigenvalue weighted by atomic mass is 16.5. The molecule has 0 aliphatic carbocycles. The Morgan fingerprint density at radius 3 is 2.78 bits per heavy atom. The van der Waals surface area contributed by atoms with E-state index in [2.05, 4.69) is 40.6 Å². The number of nitrogens with one attached hydrogen (secondary N) is 1. The quantitative estimate of drug-likeness (QED) is 0.780. The number of hydrogen-bond acceptors (Lipinski definition) is 2. The third-order valence-electron chi connectivity index (χ3n) is 4.73. The number of hydrogen-bond donors (Lipinski definition) is 2. The second kappa shape index (κ2) is 5.63. The molecule has 1 aliphatic heterocycles. The molecule has 1 atom stereocenters. The van der Waals surface area contributed by atoms with Crippen LogP contribution in [-0.2, 0) is 6.42 Å². The molecule has 118 valence electrons. The molecule has 2 heterocycles. The van der Waals surface area contributed by atoms with Gasteiger partial charge in [0.2, 0.25) is 0 Å². The van der Waals surface area contributed by atoms with Gasteiger partial charge >= 0.3 is 0 Å². The maximum absolute atomic E-state index is 5.62. The highest BCUT2D eigenvalue weighted by molar-refractivity contribution is 5.85. The predicted molar refractivity (Wildman–Crippen MR) is 90.2 cm³/mol. The number of rotatable bonds is 3. The molecule has 0 radical (unpaired) electrons. The number of nitrogens with two attached hydrogens (primary N) is 1. The summed E-state index contributed by atoms with van der Waals surface area (Å²) >= 11 is 0. The number of fused-ring (bicyclic) bond motifs is 3. The lowest BCUT2D eigenvalue weighted by Crippen LogP contribution is -2.87. The molecular formula is C19H21N2O2+. The fourth-order valence-electron chi connectivity index (χ4n) is 3.63. The molecule has 23 heavy (non-hydrogen) atoms. The number of quaternary nitrogens is 1. The molecule has 2 aromatic carbocycles. The van der Waals surface area contributed by atoms with Crippen LogP contribution in [0.1, 0.15) is 22.9 Å². The predicted octanol–water partition coefficient (Wildman–Crippen LogP) is 2.39. The van der Waals surface area contributed by atoms with Crippen LogP contribution in [0.3, 0.4) is 0 Å². The van der Waals surface area contributed by atoms with Gasteiger partial charge in [0.1, 0.15) is 11.5 Å². The lowest BCUT2D eigenvalue weighted by Gasteiger charge is -2.23. The maximum Gasteiger partial charge on any atom is 0.156 e. The summed E-state index contributed by atoms with van der Waals surface area (Å²) in [7, 11) is 3.39. The van der Waals surface area contributed by atoms with Crippen LogP contribution in [0.25, 0.3) is 10.9 Å². The second-order valence-electron chi connectivity index (χ2n) is 5.92. The molecule has 3 N–H and O–H groups in total. The van der Waals surface area contributed by atoms with Crippen molar-refractivity contribution in [3.8, 4) is 11.5 Å². The minimum absolute atomic E-state index is 0.229. The summed E-state index contributed by atoms with van der Waals surface area (Å²) in [6.45, 7) is 1.08. The molecule has 0 spiro atoms. The van der Waals surface area contributed by atoms with Crippen molar-refractivity contribution < 1.29 is 14.8 Å². The van der Waals surface area contributed by atoms with Crippen LogP contribution in [0.2, 0.25) is 0 Å². The molecule has 0 saturated heterocycles. The van der Waals surface area contributed by atoms with Gasteiger partial charge < -0.3 is 19.8 Å². The average Bonchev–Trinajstić information content (AvgIpc) is 3.00. The molecule has 4 nitrogen and oxygen atoms in total. The first-order valence-corrected chi connectivity index (χ1v) is 7.96. The van der Waals surface area contributed by atoms with Gasteiger partial charge in [-0.05, 0) is 23.8 Å². The Bertz CT molecular complexity index is 854. The first kappa shape index (κ1) is 14.2. The van der Waals surface area contributed by atoms with Crippen molar-refractivity contribution in [3.63, 3.8) is 0 Å². The Balaban J connectivity index is 1.86. The van der Waals surface area contributed by atoms with Gasteiger partial charge in [0.25, 0.3) is 0 Å². The fourth-order valence-corrected chi connectivity index (χ4v) is 3.63. The summed E-state index contributed by atoms with van der Waals surface area (Å²) in [5, 5.41) is 3.72. The Kier molecular flexibility index (Phi) is 3.46. The lowest BCUT2D eigenvalue weighted by atomic mass is 9.93. The van der Waals surface area contributed by atoms with E-state index in [1.54, 1.807) is 14.2 Å². The van der Waals surface area contributed by atoms with Crippen LogP contribution in [-0.4, -0.2) is 25.7 Å². The maximum atomic E-state index is 5.62. The summed E-state index contributed by atoms with van der Waals surface area (Å²) in [5.41, 5.74) is 5.12. The number of H-pyrrole nitrogens is 1. The Hall–Kier alpha value is -2.46. The summed E-state index contributed by atoms with van der Waals surface area (Å²) in [6, 6.07) is 14.8. The zero-order valence-corrected chi connectivity index (χ0v) is 13.4. The molecule has 1 aliphatic rings. The first-order chi connectivity index (χ1) is 11.3. The molecule has 0 fully saturated rings. The van der Waals surface area contributed by atoms with E-state index in [0.717, 1.165) is 24.5 Å². The molecule has 0 unspecified atom stereocenters. The van der Waals surface area contributed by atoms with Gasteiger partial charge in [0, 0.05) is 23.4 Å². The fraction of sp³-hybridized carbons (Fsp3) is 0.263. The first-order valence-electron chi connectivity index (χ1n) is 7.96. The van der Waals surface area contributed by atoms with Crippen molar-refractivity contribution >= 4 is 10.9 Å². The van der Waals surface area contributed by atoms with E-state index >= 15 is 0 Å². The molecular weight excluding hydrogens is 288 g/mol. The van der Waals surface area contributed by atoms with Crippen LogP contribution < -0.4 is 14.8 Å². The number of aromatic amines is 1. The van der Waals surface area contributed by atoms with Gasteiger partial charge in [-0.1, -0.05) is 18.2 Å². The van der Waals surface area contributed by atoms with Gasteiger partial charge in [-0.25, -0.2) is 0 Å². The average molecular weight is 309 g/mol. The van der Waals surface area contributed by atoms with Gasteiger partial charge in [0.05, 0.1) is 32.0 Å². The molecule has 4 rings (SSSR count). The van der Waals surface area contributed by atoms with Crippen LogP contribution in [0.15, 0.2) is 42.5 Å². The second-order valence-corrected chi connectivity index (χ2v) is 5.92. The van der Waals surface area contributed by atoms with Gasteiger partial charge in [-0.2, -0.15) is 0 Å². The monoisotopic (exact) mass is 309 g/mol. The highest BCUT2D eigenvalue weighted by Gasteiger charge is 2.30. The van der Waals surface area contributed by atoms with Crippen molar-refractivity contribution in [2.45, 2.75) is 12.5 Å². The van der Waals surface area contributed by atoms with Crippen molar-refractivity contribution in [2.24, 2.45) is 0 Å². The smallest absolute Gasteiger partial charge is 0.156 e.